The molecule has 170 valence electrons. The van der Waals surface area contributed by atoms with Crippen molar-refractivity contribution in [1.82, 2.24) is 0 Å². The van der Waals surface area contributed by atoms with E-state index in [0.717, 1.165) is 6.08 Å². The van der Waals surface area contributed by atoms with Gasteiger partial charge in [-0.1, -0.05) is 15.9 Å². The van der Waals surface area contributed by atoms with E-state index in [1.165, 1.54) is 13.0 Å². The number of nitrogens with zero attached hydrogens (tertiary/aromatic N) is 1. The first-order chi connectivity index (χ1) is 14.4. The SMILES string of the molecule is Cc1cc(Br)cc2c1O[C@H](C(F)(F)F)C(C(=O)OCOC(=O)OCC(C)O[N+](=O)[O-])=C2. The molecule has 2 rings (SSSR count). The summed E-state index contributed by atoms with van der Waals surface area (Å²) in [6.07, 6.45) is -9.00. The van der Waals surface area contributed by atoms with E-state index >= 15 is 0 Å². The number of esters is 1. The molecular formula is C17H15BrF3NO9. The van der Waals surface area contributed by atoms with Crippen molar-refractivity contribution in [3.05, 3.63) is 43.4 Å². The fourth-order valence-corrected chi connectivity index (χ4v) is 3.07. The highest BCUT2D eigenvalue weighted by molar-refractivity contribution is 9.10. The molecule has 10 nitrogen and oxygen atoms in total. The summed E-state index contributed by atoms with van der Waals surface area (Å²) in [6.45, 7) is 1.17. The van der Waals surface area contributed by atoms with E-state index in [1.54, 1.807) is 13.0 Å². The van der Waals surface area contributed by atoms with Gasteiger partial charge in [0, 0.05) is 10.0 Å². The summed E-state index contributed by atoms with van der Waals surface area (Å²) in [4.78, 5) is 37.8. The lowest BCUT2D eigenvalue weighted by molar-refractivity contribution is -0.767. The number of alkyl halides is 3. The van der Waals surface area contributed by atoms with Crippen molar-refractivity contribution in [2.24, 2.45) is 0 Å². The van der Waals surface area contributed by atoms with E-state index in [4.69, 9.17) is 4.74 Å². The molecule has 0 amide bonds. The van der Waals surface area contributed by atoms with Gasteiger partial charge in [-0.2, -0.15) is 13.2 Å². The second-order valence-corrected chi connectivity index (χ2v) is 7.09. The van der Waals surface area contributed by atoms with Gasteiger partial charge < -0.3 is 23.8 Å². The highest BCUT2D eigenvalue weighted by Gasteiger charge is 2.49. The van der Waals surface area contributed by atoms with Crippen molar-refractivity contribution in [2.75, 3.05) is 13.4 Å². The first-order valence-corrected chi connectivity index (χ1v) is 9.20. The number of hydrogen-bond acceptors (Lipinski definition) is 9. The number of halogens is 4. The Kier molecular flexibility index (Phi) is 7.70. The first-order valence-electron chi connectivity index (χ1n) is 8.41. The largest absolute Gasteiger partial charge is 0.511 e. The first kappa shape index (κ1) is 24.2. The summed E-state index contributed by atoms with van der Waals surface area (Å²) in [6, 6.07) is 3.02. The number of fused-ring (bicyclic) bond motifs is 1. The summed E-state index contributed by atoms with van der Waals surface area (Å²) in [5.41, 5.74) is -0.203. The van der Waals surface area contributed by atoms with Gasteiger partial charge in [-0.3, -0.25) is 0 Å². The molecule has 0 N–H and O–H groups in total. The van der Waals surface area contributed by atoms with Crippen LogP contribution in [0.4, 0.5) is 18.0 Å². The third-order valence-electron chi connectivity index (χ3n) is 3.70. The van der Waals surface area contributed by atoms with E-state index in [9.17, 15) is 32.9 Å². The second kappa shape index (κ2) is 9.85. The maximum atomic E-state index is 13.4. The Labute approximate surface area is 181 Å². The minimum absolute atomic E-state index is 0.0343. The topological polar surface area (TPSA) is 123 Å². The summed E-state index contributed by atoms with van der Waals surface area (Å²) >= 11 is 3.21. The zero-order valence-electron chi connectivity index (χ0n) is 15.9. The fraction of sp³-hybridized carbons (Fsp3) is 0.412. The van der Waals surface area contributed by atoms with E-state index in [0.29, 0.717) is 10.0 Å². The van der Waals surface area contributed by atoms with Crippen LogP contribution in [0.2, 0.25) is 0 Å². The summed E-state index contributed by atoms with van der Waals surface area (Å²) in [5.74, 6) is -1.46. The molecule has 1 aliphatic heterocycles. The summed E-state index contributed by atoms with van der Waals surface area (Å²) in [7, 11) is 0. The number of carbonyl (C=O) groups excluding carboxylic acids is 2. The van der Waals surface area contributed by atoms with Gasteiger partial charge in [0.25, 0.3) is 5.09 Å². The molecule has 2 atom stereocenters. The molecule has 31 heavy (non-hydrogen) atoms. The molecule has 0 radical (unpaired) electrons. The zero-order valence-corrected chi connectivity index (χ0v) is 17.5. The molecule has 0 saturated heterocycles. The lowest BCUT2D eigenvalue weighted by atomic mass is 9.99. The third kappa shape index (κ3) is 6.73. The van der Waals surface area contributed by atoms with Gasteiger partial charge in [0.2, 0.25) is 12.9 Å². The van der Waals surface area contributed by atoms with Crippen LogP contribution in [0.3, 0.4) is 0 Å². The third-order valence-corrected chi connectivity index (χ3v) is 4.16. The van der Waals surface area contributed by atoms with E-state index < -0.39 is 54.6 Å². The monoisotopic (exact) mass is 513 g/mol. The lowest BCUT2D eigenvalue weighted by Crippen LogP contribution is -2.41. The van der Waals surface area contributed by atoms with Gasteiger partial charge in [-0.25, -0.2) is 9.59 Å². The van der Waals surface area contributed by atoms with E-state index in [-0.39, 0.29) is 11.3 Å². The predicted molar refractivity (Wildman–Crippen MR) is 98.3 cm³/mol. The quantitative estimate of drug-likeness (QED) is 0.232. The molecule has 1 aromatic rings. The number of rotatable bonds is 7. The minimum Gasteiger partial charge on any atom is -0.475 e. The van der Waals surface area contributed by atoms with Crippen LogP contribution in [-0.2, 0) is 23.8 Å². The number of benzene rings is 1. The van der Waals surface area contributed by atoms with Gasteiger partial charge in [0.1, 0.15) is 18.5 Å². The summed E-state index contributed by atoms with van der Waals surface area (Å²) < 4.78 is 59.3. The Morgan fingerprint density at radius 3 is 2.58 bits per heavy atom. The van der Waals surface area contributed by atoms with Crippen LogP contribution < -0.4 is 4.74 Å². The summed E-state index contributed by atoms with van der Waals surface area (Å²) in [5, 5.41) is 9.03. The van der Waals surface area contributed by atoms with Gasteiger partial charge in [-0.15, -0.1) is 10.1 Å². The number of carbonyl (C=O) groups is 2. The second-order valence-electron chi connectivity index (χ2n) is 6.17. The molecule has 1 unspecified atom stereocenters. The van der Waals surface area contributed by atoms with Crippen LogP contribution in [0.5, 0.6) is 5.75 Å². The molecule has 0 spiro atoms. The van der Waals surface area contributed by atoms with Crippen LogP contribution in [0.25, 0.3) is 6.08 Å². The van der Waals surface area contributed by atoms with Gasteiger partial charge >= 0.3 is 18.3 Å². The predicted octanol–water partition coefficient (Wildman–Crippen LogP) is 3.71. The van der Waals surface area contributed by atoms with Crippen molar-refractivity contribution >= 4 is 34.1 Å². The molecular weight excluding hydrogens is 499 g/mol. The standard InChI is InChI=1S/C17H15BrF3NO9/c1-8-3-11(18)4-10-5-12(14(17(19,20)21)30-13(8)10)15(23)28-7-29-16(24)27-6-9(2)31-22(25)26/h3-5,9,14H,6-7H2,1-2H3/t9?,14-/m0/s1. The highest BCUT2D eigenvalue weighted by atomic mass is 79.9. The Balaban J connectivity index is 2.02. The highest BCUT2D eigenvalue weighted by Crippen LogP contribution is 2.40. The Bertz CT molecular complexity index is 904. The number of ether oxygens (including phenoxy) is 4. The smallest absolute Gasteiger partial charge is 0.475 e. The van der Waals surface area contributed by atoms with Crippen LogP contribution >= 0.6 is 15.9 Å². The average molecular weight is 514 g/mol. The zero-order chi connectivity index (χ0) is 23.3. The maximum Gasteiger partial charge on any atom is 0.511 e. The Morgan fingerprint density at radius 2 is 1.97 bits per heavy atom. The van der Waals surface area contributed by atoms with Crippen molar-refractivity contribution in [3.63, 3.8) is 0 Å². The molecule has 0 saturated carbocycles. The number of aryl methyl sites for hydroxylation is 1. The average Bonchev–Trinajstić information content (AvgIpc) is 2.63. The Morgan fingerprint density at radius 1 is 1.29 bits per heavy atom. The molecule has 1 aliphatic rings. The molecule has 0 aromatic heterocycles. The van der Waals surface area contributed by atoms with E-state index in [1.807, 2.05) is 0 Å². The van der Waals surface area contributed by atoms with Gasteiger partial charge in [0.05, 0.1) is 5.57 Å². The molecule has 1 heterocycles. The fourth-order valence-electron chi connectivity index (χ4n) is 2.48. The van der Waals surface area contributed by atoms with Gasteiger partial charge in [-0.05, 0) is 37.6 Å². The molecule has 0 bridgehead atoms. The van der Waals surface area contributed by atoms with Crippen molar-refractivity contribution in [1.29, 1.82) is 0 Å². The van der Waals surface area contributed by atoms with Crippen LogP contribution in [0.1, 0.15) is 18.1 Å². The molecule has 1 aromatic carbocycles. The van der Waals surface area contributed by atoms with Crippen molar-refractivity contribution in [2.45, 2.75) is 32.2 Å². The molecule has 0 fully saturated rings. The van der Waals surface area contributed by atoms with Crippen LogP contribution in [0, 0.1) is 17.0 Å². The maximum absolute atomic E-state index is 13.4. The van der Waals surface area contributed by atoms with Crippen LogP contribution in [-0.4, -0.2) is 49.0 Å². The molecule has 0 aliphatic carbocycles. The van der Waals surface area contributed by atoms with Crippen molar-refractivity contribution < 1.29 is 51.6 Å². The van der Waals surface area contributed by atoms with Gasteiger partial charge in [0.15, 0.2) is 0 Å². The minimum atomic E-state index is -4.92. The normalized spacial score (nSPS) is 16.2. The Hall–Kier alpha value is -3.03. The number of hydrogen-bond donors (Lipinski definition) is 0. The van der Waals surface area contributed by atoms with Crippen molar-refractivity contribution in [3.8, 4) is 5.75 Å². The van der Waals surface area contributed by atoms with E-state index in [2.05, 4.69) is 35.0 Å². The van der Waals surface area contributed by atoms with Crippen LogP contribution in [0.15, 0.2) is 22.2 Å². The molecule has 14 heteroatoms. The lowest BCUT2D eigenvalue weighted by Gasteiger charge is -2.28.